The van der Waals surface area contributed by atoms with E-state index in [4.69, 9.17) is 11.6 Å². The molecule has 1 amide bonds. The minimum absolute atomic E-state index is 0.0575. The van der Waals surface area contributed by atoms with Gasteiger partial charge in [-0.2, -0.15) is 12.6 Å². The normalized spacial score (nSPS) is 13.6. The van der Waals surface area contributed by atoms with Gasteiger partial charge in [-0.05, 0) is 34.9 Å². The van der Waals surface area contributed by atoms with Crippen molar-refractivity contribution in [3.63, 3.8) is 0 Å². The summed E-state index contributed by atoms with van der Waals surface area (Å²) in [6.45, 7) is 7.04. The van der Waals surface area contributed by atoms with E-state index in [2.05, 4.69) is 43.7 Å². The maximum atomic E-state index is 13.0. The van der Waals surface area contributed by atoms with Crippen LogP contribution in [0.15, 0.2) is 54.9 Å². The van der Waals surface area contributed by atoms with Crippen molar-refractivity contribution in [1.82, 2.24) is 14.9 Å². The lowest BCUT2D eigenvalue weighted by molar-refractivity contribution is -0.125. The SMILES string of the molecule is CCC(C)C(CC)CC(CS)C(=O)NCc1c(Cl)ncn1Cc1cccc(-c2ccccc2)c1C(=O)O. The highest BCUT2D eigenvalue weighted by molar-refractivity contribution is 7.80. The average Bonchev–Trinajstić information content (AvgIpc) is 3.26. The number of halogens is 1. The molecule has 0 saturated heterocycles. The lowest BCUT2D eigenvalue weighted by atomic mass is 9.82. The van der Waals surface area contributed by atoms with E-state index in [1.54, 1.807) is 17.0 Å². The van der Waals surface area contributed by atoms with Gasteiger partial charge in [0.1, 0.15) is 0 Å². The molecule has 8 heteroatoms. The molecule has 2 aromatic carbocycles. The van der Waals surface area contributed by atoms with Crippen molar-refractivity contribution in [3.05, 3.63) is 76.8 Å². The molecule has 0 aliphatic heterocycles. The number of imidazole rings is 1. The number of nitrogens with zero attached hydrogens (tertiary/aromatic N) is 2. The van der Waals surface area contributed by atoms with Crippen LogP contribution < -0.4 is 5.32 Å². The first-order chi connectivity index (χ1) is 17.8. The van der Waals surface area contributed by atoms with Crippen LogP contribution in [0.2, 0.25) is 5.15 Å². The van der Waals surface area contributed by atoms with Crippen LogP contribution in [-0.2, 0) is 17.9 Å². The van der Waals surface area contributed by atoms with Gasteiger partial charge in [-0.25, -0.2) is 9.78 Å². The van der Waals surface area contributed by atoms with Crippen LogP contribution >= 0.6 is 24.2 Å². The highest BCUT2D eigenvalue weighted by Gasteiger charge is 2.25. The van der Waals surface area contributed by atoms with Crippen molar-refractivity contribution in [1.29, 1.82) is 0 Å². The van der Waals surface area contributed by atoms with Crippen LogP contribution in [0, 0.1) is 17.8 Å². The Morgan fingerprint density at radius 3 is 2.46 bits per heavy atom. The highest BCUT2D eigenvalue weighted by Crippen LogP contribution is 2.29. The molecule has 0 fully saturated rings. The van der Waals surface area contributed by atoms with E-state index < -0.39 is 5.97 Å². The number of thiol groups is 1. The van der Waals surface area contributed by atoms with Gasteiger partial charge in [0.2, 0.25) is 5.91 Å². The van der Waals surface area contributed by atoms with Crippen molar-refractivity contribution < 1.29 is 14.7 Å². The lowest BCUT2D eigenvalue weighted by Crippen LogP contribution is -2.34. The number of benzene rings is 2. The van der Waals surface area contributed by atoms with E-state index in [1.165, 1.54) is 0 Å². The second kappa shape index (κ2) is 13.7. The molecule has 3 atom stereocenters. The third-order valence-corrected chi connectivity index (χ3v) is 8.02. The van der Waals surface area contributed by atoms with Gasteiger partial charge in [-0.15, -0.1) is 0 Å². The fraction of sp³-hybridized carbons (Fsp3) is 0.414. The zero-order chi connectivity index (χ0) is 26.9. The first-order valence-electron chi connectivity index (χ1n) is 12.8. The van der Waals surface area contributed by atoms with Crippen LogP contribution in [0.25, 0.3) is 11.1 Å². The Labute approximate surface area is 229 Å². The molecule has 0 aliphatic carbocycles. The smallest absolute Gasteiger partial charge is 0.336 e. The van der Waals surface area contributed by atoms with Gasteiger partial charge < -0.3 is 15.0 Å². The summed E-state index contributed by atoms with van der Waals surface area (Å²) in [6, 6.07) is 14.9. The molecule has 0 aliphatic rings. The number of nitrogens with one attached hydrogen (secondary N) is 1. The third kappa shape index (κ3) is 7.17. The predicted molar refractivity (Wildman–Crippen MR) is 152 cm³/mol. The molecule has 3 unspecified atom stereocenters. The molecular formula is C29H36ClN3O3S. The number of carboxylic acid groups (broad SMARTS) is 1. The topological polar surface area (TPSA) is 84.2 Å². The summed E-state index contributed by atoms with van der Waals surface area (Å²) >= 11 is 10.8. The number of aromatic carboxylic acids is 1. The van der Waals surface area contributed by atoms with Gasteiger partial charge in [-0.1, -0.05) is 93.7 Å². The van der Waals surface area contributed by atoms with Crippen molar-refractivity contribution in [3.8, 4) is 11.1 Å². The molecule has 3 rings (SSSR count). The molecule has 0 bridgehead atoms. The summed E-state index contributed by atoms with van der Waals surface area (Å²) in [5, 5.41) is 13.4. The minimum atomic E-state index is -1.00. The fourth-order valence-corrected chi connectivity index (χ4v) is 5.33. The second-order valence-corrected chi connectivity index (χ2v) is 10.2. The second-order valence-electron chi connectivity index (χ2n) is 9.51. The summed E-state index contributed by atoms with van der Waals surface area (Å²) < 4.78 is 1.79. The van der Waals surface area contributed by atoms with Gasteiger partial charge in [0, 0.05) is 18.2 Å². The van der Waals surface area contributed by atoms with E-state index in [9.17, 15) is 14.7 Å². The number of hydrogen-bond donors (Lipinski definition) is 3. The summed E-state index contributed by atoms with van der Waals surface area (Å²) in [5.74, 6) is 0.231. The summed E-state index contributed by atoms with van der Waals surface area (Å²) in [6.07, 6.45) is 4.48. The Morgan fingerprint density at radius 1 is 1.11 bits per heavy atom. The summed E-state index contributed by atoms with van der Waals surface area (Å²) in [5.41, 5.74) is 2.97. The molecule has 0 spiro atoms. The van der Waals surface area contributed by atoms with Crippen molar-refractivity contribution in [2.24, 2.45) is 17.8 Å². The molecule has 2 N–H and O–H groups in total. The molecular weight excluding hydrogens is 506 g/mol. The first-order valence-corrected chi connectivity index (χ1v) is 13.8. The van der Waals surface area contributed by atoms with E-state index in [0.29, 0.717) is 34.4 Å². The largest absolute Gasteiger partial charge is 0.478 e. The van der Waals surface area contributed by atoms with Gasteiger partial charge in [0.05, 0.1) is 24.1 Å². The standard InChI is InChI=1S/C29H36ClN3O3S/c1-4-19(3)20(5-2)14-23(17-37)28(34)31-15-25-27(30)32-18-33(25)16-22-12-9-13-24(26(22)29(35)36)21-10-7-6-8-11-21/h6-13,18-20,23,37H,4-5,14-17H2,1-3H3,(H,31,34)(H,35,36). The Bertz CT molecular complexity index is 1200. The molecule has 6 nitrogen and oxygen atoms in total. The van der Waals surface area contributed by atoms with Crippen LogP contribution in [0.3, 0.4) is 0 Å². The number of aromatic nitrogens is 2. The van der Waals surface area contributed by atoms with Crippen LogP contribution in [0.5, 0.6) is 0 Å². The number of carbonyl (C=O) groups is 2. The summed E-state index contributed by atoms with van der Waals surface area (Å²) in [7, 11) is 0. The van der Waals surface area contributed by atoms with E-state index in [-0.39, 0.29) is 35.6 Å². The molecule has 0 radical (unpaired) electrons. The van der Waals surface area contributed by atoms with Crippen LogP contribution in [-0.4, -0.2) is 32.3 Å². The maximum absolute atomic E-state index is 13.0. The molecule has 1 aromatic heterocycles. The van der Waals surface area contributed by atoms with Crippen LogP contribution in [0.4, 0.5) is 0 Å². The number of amides is 1. The highest BCUT2D eigenvalue weighted by atomic mass is 35.5. The van der Waals surface area contributed by atoms with Gasteiger partial charge in [0.25, 0.3) is 0 Å². The van der Waals surface area contributed by atoms with E-state index in [1.807, 2.05) is 42.5 Å². The first kappa shape index (κ1) is 28.8. The van der Waals surface area contributed by atoms with E-state index in [0.717, 1.165) is 24.8 Å². The Morgan fingerprint density at radius 2 is 1.84 bits per heavy atom. The lowest BCUT2D eigenvalue weighted by Gasteiger charge is -2.25. The Kier molecular flexibility index (Phi) is 10.6. The van der Waals surface area contributed by atoms with Crippen molar-refractivity contribution >= 4 is 36.1 Å². The molecule has 0 saturated carbocycles. The van der Waals surface area contributed by atoms with Crippen LogP contribution in [0.1, 0.15) is 61.6 Å². The number of carbonyl (C=O) groups excluding carboxylic acids is 1. The Hall–Kier alpha value is -2.77. The van der Waals surface area contributed by atoms with Crippen molar-refractivity contribution in [2.45, 2.75) is 53.1 Å². The zero-order valence-corrected chi connectivity index (χ0v) is 23.3. The van der Waals surface area contributed by atoms with Gasteiger partial charge in [-0.3, -0.25) is 4.79 Å². The fourth-order valence-electron chi connectivity index (χ4n) is 4.80. The van der Waals surface area contributed by atoms with E-state index >= 15 is 0 Å². The average molecular weight is 542 g/mol. The molecule has 1 heterocycles. The third-order valence-electron chi connectivity index (χ3n) is 7.27. The quantitative estimate of drug-likeness (QED) is 0.213. The minimum Gasteiger partial charge on any atom is -0.478 e. The van der Waals surface area contributed by atoms with Gasteiger partial charge in [0.15, 0.2) is 5.15 Å². The zero-order valence-electron chi connectivity index (χ0n) is 21.7. The number of carboxylic acids is 1. The number of rotatable bonds is 13. The monoisotopic (exact) mass is 541 g/mol. The summed E-state index contributed by atoms with van der Waals surface area (Å²) in [4.78, 5) is 29.6. The predicted octanol–water partition coefficient (Wildman–Crippen LogP) is 6.57. The molecule has 198 valence electrons. The number of hydrogen-bond acceptors (Lipinski definition) is 4. The maximum Gasteiger partial charge on any atom is 0.336 e. The Balaban J connectivity index is 1.80. The van der Waals surface area contributed by atoms with Gasteiger partial charge >= 0.3 is 5.97 Å². The molecule has 37 heavy (non-hydrogen) atoms. The molecule has 3 aromatic rings. The van der Waals surface area contributed by atoms with Crippen molar-refractivity contribution in [2.75, 3.05) is 5.75 Å².